The predicted molar refractivity (Wildman–Crippen MR) is 115 cm³/mol. The summed E-state index contributed by atoms with van der Waals surface area (Å²) in [6, 6.07) is 6.05. The lowest BCUT2D eigenvalue weighted by atomic mass is 9.92. The number of β-amino-alcohol motifs (C(OH)–C–C–N with tert-alkyl or cyclic N) is 1. The van der Waals surface area contributed by atoms with Gasteiger partial charge in [-0.05, 0) is 43.9 Å². The molecule has 8 nitrogen and oxygen atoms in total. The highest BCUT2D eigenvalue weighted by molar-refractivity contribution is 5.78. The zero-order chi connectivity index (χ0) is 21.1. The van der Waals surface area contributed by atoms with E-state index in [1.54, 1.807) is 30.5 Å². The van der Waals surface area contributed by atoms with Gasteiger partial charge in [-0.25, -0.2) is 9.97 Å². The number of imidazole rings is 1. The Morgan fingerprint density at radius 2 is 2.23 bits per heavy atom. The fraction of sp³-hybridized carbons (Fsp3) is 0.455. The minimum atomic E-state index is -0.952. The number of aliphatic hydroxyl groups is 1. The van der Waals surface area contributed by atoms with Crippen molar-refractivity contribution in [3.8, 4) is 0 Å². The van der Waals surface area contributed by atoms with Gasteiger partial charge in [-0.2, -0.15) is 0 Å². The number of carbonyl (C=O) groups excluding carboxylic acids is 1. The molecule has 158 valence electrons. The van der Waals surface area contributed by atoms with Crippen LogP contribution in [0.4, 0.5) is 5.82 Å². The van der Waals surface area contributed by atoms with Gasteiger partial charge in [0.15, 0.2) is 0 Å². The van der Waals surface area contributed by atoms with Gasteiger partial charge in [-0.15, -0.1) is 0 Å². The number of carbonyl (C=O) groups is 1. The van der Waals surface area contributed by atoms with Crippen LogP contribution in [0.15, 0.2) is 36.8 Å². The molecular formula is C22H28N6O2. The number of aromatic amines is 1. The molecule has 3 aromatic rings. The number of fused-ring (bicyclic) bond motifs is 1. The molecule has 0 radical (unpaired) electrons. The Kier molecular flexibility index (Phi) is 5.67. The molecule has 1 aliphatic heterocycles. The lowest BCUT2D eigenvalue weighted by Gasteiger charge is -2.41. The first kappa shape index (κ1) is 20.3. The van der Waals surface area contributed by atoms with E-state index in [0.29, 0.717) is 32.4 Å². The highest BCUT2D eigenvalue weighted by Gasteiger charge is 2.35. The molecule has 2 N–H and O–H groups in total. The van der Waals surface area contributed by atoms with Crippen LogP contribution >= 0.6 is 0 Å². The number of aromatic nitrogens is 4. The summed E-state index contributed by atoms with van der Waals surface area (Å²) in [7, 11) is 1.77. The Hall–Kier alpha value is -3.00. The van der Waals surface area contributed by atoms with Crippen LogP contribution in [0.2, 0.25) is 0 Å². The summed E-state index contributed by atoms with van der Waals surface area (Å²) in [6.45, 7) is 3.51. The normalized spacial score (nSPS) is 19.2. The van der Waals surface area contributed by atoms with E-state index < -0.39 is 5.60 Å². The molecule has 4 rings (SSSR count). The van der Waals surface area contributed by atoms with Crippen LogP contribution in [0.1, 0.15) is 30.7 Å². The predicted octanol–water partition coefficient (Wildman–Crippen LogP) is 2.08. The van der Waals surface area contributed by atoms with Gasteiger partial charge in [0.05, 0.1) is 29.4 Å². The van der Waals surface area contributed by atoms with Gasteiger partial charge in [0.25, 0.3) is 0 Å². The number of nitrogens with zero attached hydrogens (tertiary/aromatic N) is 5. The van der Waals surface area contributed by atoms with Crippen LogP contribution in [0, 0.1) is 6.92 Å². The molecule has 1 aromatic carbocycles. The summed E-state index contributed by atoms with van der Waals surface area (Å²) >= 11 is 0. The van der Waals surface area contributed by atoms with Gasteiger partial charge < -0.3 is 19.9 Å². The number of hydrogen-bond acceptors (Lipinski definition) is 6. The Bertz CT molecular complexity index is 1020. The van der Waals surface area contributed by atoms with Crippen molar-refractivity contribution in [2.45, 2.75) is 38.2 Å². The van der Waals surface area contributed by atoms with Crippen LogP contribution in [0.5, 0.6) is 0 Å². The molecule has 1 unspecified atom stereocenters. The van der Waals surface area contributed by atoms with Crippen LogP contribution in [0.25, 0.3) is 11.0 Å². The number of benzene rings is 1. The summed E-state index contributed by atoms with van der Waals surface area (Å²) in [5.74, 6) is 1.67. The van der Waals surface area contributed by atoms with Crippen LogP contribution in [-0.2, 0) is 11.2 Å². The average Bonchev–Trinajstić information content (AvgIpc) is 3.11. The first-order chi connectivity index (χ1) is 14.4. The Balaban J connectivity index is 1.33. The van der Waals surface area contributed by atoms with Crippen molar-refractivity contribution >= 4 is 22.8 Å². The van der Waals surface area contributed by atoms with E-state index in [9.17, 15) is 9.90 Å². The molecule has 30 heavy (non-hydrogen) atoms. The number of rotatable bonds is 6. The van der Waals surface area contributed by atoms with E-state index in [1.807, 2.05) is 24.0 Å². The number of nitrogens with one attached hydrogen (secondary N) is 1. The third-order valence-electron chi connectivity index (χ3n) is 5.68. The Morgan fingerprint density at radius 3 is 3.03 bits per heavy atom. The first-order valence-corrected chi connectivity index (χ1v) is 10.3. The average molecular weight is 409 g/mol. The van der Waals surface area contributed by atoms with Crippen molar-refractivity contribution in [2.24, 2.45) is 0 Å². The summed E-state index contributed by atoms with van der Waals surface area (Å²) in [4.78, 5) is 32.5. The van der Waals surface area contributed by atoms with Crippen LogP contribution < -0.4 is 4.90 Å². The maximum absolute atomic E-state index is 12.7. The summed E-state index contributed by atoms with van der Waals surface area (Å²) in [5.41, 5.74) is 2.07. The zero-order valence-corrected chi connectivity index (χ0v) is 17.5. The molecule has 0 bridgehead atoms. The number of H-pyrrole nitrogens is 1. The molecule has 8 heteroatoms. The lowest BCUT2D eigenvalue weighted by Crippen LogP contribution is -2.54. The highest BCUT2D eigenvalue weighted by Crippen LogP contribution is 2.25. The molecule has 0 aliphatic carbocycles. The fourth-order valence-electron chi connectivity index (χ4n) is 4.20. The van der Waals surface area contributed by atoms with Crippen molar-refractivity contribution in [3.63, 3.8) is 0 Å². The largest absolute Gasteiger partial charge is 0.386 e. The maximum atomic E-state index is 12.7. The van der Waals surface area contributed by atoms with Gasteiger partial charge >= 0.3 is 0 Å². The van der Waals surface area contributed by atoms with Crippen molar-refractivity contribution in [2.75, 3.05) is 31.6 Å². The minimum Gasteiger partial charge on any atom is -0.386 e. The van der Waals surface area contributed by atoms with Crippen molar-refractivity contribution in [1.29, 1.82) is 0 Å². The molecule has 0 spiro atoms. The number of likely N-dealkylation sites (N-methyl/N-ethyl adjacent to an activating group) is 1. The molecule has 1 fully saturated rings. The van der Waals surface area contributed by atoms with E-state index in [1.165, 1.54) is 0 Å². The molecule has 1 amide bonds. The minimum absolute atomic E-state index is 0.0286. The van der Waals surface area contributed by atoms with E-state index in [0.717, 1.165) is 41.2 Å². The summed E-state index contributed by atoms with van der Waals surface area (Å²) in [6.07, 6.45) is 7.56. The van der Waals surface area contributed by atoms with Gasteiger partial charge in [-0.1, -0.05) is 6.07 Å². The molecule has 2 aromatic heterocycles. The summed E-state index contributed by atoms with van der Waals surface area (Å²) in [5, 5.41) is 11.1. The Morgan fingerprint density at radius 1 is 1.37 bits per heavy atom. The lowest BCUT2D eigenvalue weighted by molar-refractivity contribution is -0.133. The Labute approximate surface area is 176 Å². The second kappa shape index (κ2) is 8.39. The molecular weight excluding hydrogens is 380 g/mol. The van der Waals surface area contributed by atoms with Gasteiger partial charge in [0.1, 0.15) is 11.6 Å². The third-order valence-corrected chi connectivity index (χ3v) is 5.68. The first-order valence-electron chi connectivity index (χ1n) is 10.3. The van der Waals surface area contributed by atoms with E-state index in [4.69, 9.17) is 0 Å². The van der Waals surface area contributed by atoms with E-state index in [2.05, 4.69) is 26.0 Å². The number of amides is 1. The van der Waals surface area contributed by atoms with Gasteiger partial charge in [-0.3, -0.25) is 9.78 Å². The molecule has 1 saturated heterocycles. The maximum Gasteiger partial charge on any atom is 0.222 e. The molecule has 1 atom stereocenters. The van der Waals surface area contributed by atoms with Crippen LogP contribution in [0.3, 0.4) is 0 Å². The fourth-order valence-corrected chi connectivity index (χ4v) is 4.20. The topological polar surface area (TPSA) is 98.2 Å². The van der Waals surface area contributed by atoms with Gasteiger partial charge in [0.2, 0.25) is 5.91 Å². The molecule has 3 heterocycles. The number of hydrogen-bond donors (Lipinski definition) is 2. The zero-order valence-electron chi connectivity index (χ0n) is 17.5. The second-order valence-electron chi connectivity index (χ2n) is 8.24. The van der Waals surface area contributed by atoms with E-state index >= 15 is 0 Å². The standard InChI is InChI=1S/C22H28N6O2/c1-16-25-18-6-4-17(12-19(18)26-16)5-7-21(29)27(2)14-22(30)8-3-11-28(15-22)20-13-23-9-10-24-20/h4,6,9-10,12-13,30H,3,5,7-8,11,14-15H2,1-2H3,(H,25,26). The smallest absolute Gasteiger partial charge is 0.222 e. The van der Waals surface area contributed by atoms with Gasteiger partial charge in [0, 0.05) is 39.0 Å². The van der Waals surface area contributed by atoms with Crippen LogP contribution in [-0.4, -0.2) is 68.1 Å². The highest BCUT2D eigenvalue weighted by atomic mass is 16.3. The molecule has 1 aliphatic rings. The van der Waals surface area contributed by atoms with Crippen molar-refractivity contribution in [3.05, 3.63) is 48.2 Å². The van der Waals surface area contributed by atoms with Crippen molar-refractivity contribution < 1.29 is 9.90 Å². The number of anilines is 1. The summed E-state index contributed by atoms with van der Waals surface area (Å²) < 4.78 is 0. The van der Waals surface area contributed by atoms with Crippen molar-refractivity contribution in [1.82, 2.24) is 24.8 Å². The third kappa shape index (κ3) is 4.59. The SMILES string of the molecule is Cc1nc2ccc(CCC(=O)N(C)CC3(O)CCCN(c4cnccn4)C3)cc2[nH]1. The molecule has 0 saturated carbocycles. The monoisotopic (exact) mass is 408 g/mol. The number of aryl methyl sites for hydroxylation is 2. The second-order valence-corrected chi connectivity index (χ2v) is 8.24. The number of piperidine rings is 1. The quantitative estimate of drug-likeness (QED) is 0.648. The van der Waals surface area contributed by atoms with E-state index in [-0.39, 0.29) is 5.91 Å².